The number of benzene rings is 16. The number of hydrogen-bond acceptors (Lipinski definition) is 2. The first-order valence-corrected chi connectivity index (χ1v) is 34.8. The molecule has 16 aromatic carbocycles. The van der Waals surface area contributed by atoms with Gasteiger partial charge in [0.1, 0.15) is 0 Å². The first-order chi connectivity index (χ1) is 67.9. The van der Waals surface area contributed by atoms with Crippen molar-refractivity contribution in [2.24, 2.45) is 0 Å². The maximum Gasteiger partial charge on any atom is 0.0726 e. The Morgan fingerprint density at radius 3 is 1.07 bits per heavy atom. The van der Waals surface area contributed by atoms with Crippen LogP contribution in [0.25, 0.3) is 89.0 Å². The molecule has 16 aromatic rings. The average Bonchev–Trinajstić information content (AvgIpc) is 1.46. The van der Waals surface area contributed by atoms with Crippen molar-refractivity contribution in [3.8, 4) is 89.0 Å². The van der Waals surface area contributed by atoms with Gasteiger partial charge in [-0.1, -0.05) is 330 Å². The average molecular weight is 1400 g/mol. The van der Waals surface area contributed by atoms with Crippen LogP contribution in [0.15, 0.2) is 369 Å². The van der Waals surface area contributed by atoms with Crippen LogP contribution in [0.1, 0.15) is 151 Å². The molecule has 0 radical (unpaired) electrons. The second kappa shape index (κ2) is 23.6. The summed E-state index contributed by atoms with van der Waals surface area (Å²) in [6.45, 7) is 7.82. The lowest BCUT2D eigenvalue weighted by Gasteiger charge is -2.32. The number of rotatable bonds is 8. The summed E-state index contributed by atoms with van der Waals surface area (Å²) in [5.74, 6) is 0. The highest BCUT2D eigenvalue weighted by Crippen LogP contribution is 2.66. The van der Waals surface area contributed by atoms with Crippen LogP contribution < -0.4 is 9.80 Å². The van der Waals surface area contributed by atoms with Crippen LogP contribution in [-0.4, -0.2) is 0 Å². The van der Waals surface area contributed by atoms with Gasteiger partial charge >= 0.3 is 0 Å². The molecule has 0 amide bonds. The Balaban J connectivity index is 0.000000179. The molecule has 107 heavy (non-hydrogen) atoms. The molecule has 0 aliphatic heterocycles. The zero-order valence-electron chi connectivity index (χ0n) is 94.8. The first-order valence-electron chi connectivity index (χ1n) is 53.3. The number of nitrogens with zero attached hydrogens (tertiary/aromatic N) is 2. The summed E-state index contributed by atoms with van der Waals surface area (Å²) in [6.07, 6.45) is 0. The number of anilines is 6. The normalized spacial score (nSPS) is 19.4. The molecule has 0 unspecified atom stereocenters. The van der Waals surface area contributed by atoms with E-state index in [1.54, 1.807) is 0 Å². The van der Waals surface area contributed by atoms with Crippen molar-refractivity contribution in [1.29, 1.82) is 0 Å². The van der Waals surface area contributed by atoms with E-state index < -0.39 is 282 Å². The van der Waals surface area contributed by atoms with Crippen molar-refractivity contribution in [2.75, 3.05) is 9.80 Å². The van der Waals surface area contributed by atoms with Crippen molar-refractivity contribution in [1.82, 2.24) is 0 Å². The van der Waals surface area contributed by atoms with E-state index in [1.807, 2.05) is 67.3 Å². The molecule has 6 aliphatic rings. The minimum atomic E-state index is -2.96. The summed E-state index contributed by atoms with van der Waals surface area (Å²) >= 11 is 0. The molecule has 0 heterocycles. The lowest BCUT2D eigenvalue weighted by molar-refractivity contribution is 0.660. The van der Waals surface area contributed by atoms with Crippen LogP contribution in [0.5, 0.6) is 0 Å². The van der Waals surface area contributed by atoms with Crippen LogP contribution in [0.4, 0.5) is 34.1 Å². The zero-order chi connectivity index (χ0) is 104. The molecular weight excluding hydrogens is 1290 g/mol. The van der Waals surface area contributed by atoms with E-state index in [2.05, 4.69) is 97.1 Å². The Bertz CT molecular complexity index is 8460. The van der Waals surface area contributed by atoms with Gasteiger partial charge in [-0.15, -0.1) is 0 Å². The van der Waals surface area contributed by atoms with Gasteiger partial charge in [-0.3, -0.25) is 0 Å². The van der Waals surface area contributed by atoms with Gasteiger partial charge in [0.15, 0.2) is 0 Å². The highest BCUT2D eigenvalue weighted by molar-refractivity contribution is 5.99. The summed E-state index contributed by atoms with van der Waals surface area (Å²) in [7, 11) is 0. The molecule has 0 bridgehead atoms. The molecule has 6 aliphatic carbocycles. The standard InChI is InChI=1S/C53H39N.C52H37N/c1-34-13-12-14-36(31-34)35-23-25-37(26-24-35)54(38-27-29-44-40-15-4-8-19-46(40)52(2,3)50(44)32-38)39-28-30-45-43-18-7-11-22-49(43)53(51(45)33-39)47-20-9-5-16-41(47)42-17-6-10-21-48(42)53;1-51(2)45-20-10-6-16-39(45)43-30-28-37(32-49(43)51)53(36-26-24-35(25-27-36)34-14-4-3-5-15-34)38-29-31-44-42-19-9-13-23-48(42)52(50(44)33-38)46-21-11-7-17-40(46)41-18-8-12-22-47(41)52/h4-33H,1-3H3;3-33H,1-2H3/i4D,5D,6D,7D,8D,9D,10D,11D,12D,13D,14D,15D,16D,17D,18D,19D,20D,21D,22D,23D,24D,25D,26D,27D,28D,29D,30D,31D,32D,33D;6D,10D,16D,20D,28D,30D,32D. The third kappa shape index (κ3) is 9.00. The number of fused-ring (bicyclic) bond motifs is 26. The molecule has 0 saturated heterocycles. The van der Waals surface area contributed by atoms with Crippen LogP contribution in [0.3, 0.4) is 0 Å². The number of hydrogen-bond donors (Lipinski definition) is 0. The summed E-state index contributed by atoms with van der Waals surface area (Å²) < 4.78 is 345. The fourth-order valence-electron chi connectivity index (χ4n) is 17.1. The second-order valence-electron chi connectivity index (χ2n) is 28.1. The molecule has 0 fully saturated rings. The van der Waals surface area contributed by atoms with Crippen molar-refractivity contribution < 1.29 is 50.7 Å². The molecule has 0 atom stereocenters. The van der Waals surface area contributed by atoms with Gasteiger partial charge in [0.2, 0.25) is 0 Å². The summed E-state index contributed by atoms with van der Waals surface area (Å²) in [4.78, 5) is 2.42. The van der Waals surface area contributed by atoms with Crippen LogP contribution in [0.2, 0.25) is 0 Å². The van der Waals surface area contributed by atoms with Gasteiger partial charge in [0, 0.05) is 45.0 Å². The minimum Gasteiger partial charge on any atom is -0.310 e. The van der Waals surface area contributed by atoms with Crippen molar-refractivity contribution >= 4 is 34.1 Å². The van der Waals surface area contributed by atoms with E-state index in [1.165, 1.54) is 48.6 Å². The topological polar surface area (TPSA) is 6.48 Å². The van der Waals surface area contributed by atoms with Crippen molar-refractivity contribution in [3.63, 3.8) is 0 Å². The van der Waals surface area contributed by atoms with Gasteiger partial charge in [0.05, 0.1) is 61.5 Å². The predicted molar refractivity (Wildman–Crippen MR) is 446 cm³/mol. The maximum absolute atomic E-state index is 10.7. The Labute approximate surface area is 679 Å². The van der Waals surface area contributed by atoms with Gasteiger partial charge in [0.25, 0.3) is 0 Å². The van der Waals surface area contributed by atoms with E-state index in [9.17, 15) is 26.0 Å². The van der Waals surface area contributed by atoms with E-state index in [4.69, 9.17) is 24.7 Å². The Hall–Kier alpha value is -12.9. The quantitative estimate of drug-likeness (QED) is 0.150. The fourth-order valence-corrected chi connectivity index (χ4v) is 17.1. The Morgan fingerprint density at radius 2 is 0.579 bits per heavy atom. The highest BCUT2D eigenvalue weighted by atomic mass is 15.1. The van der Waals surface area contributed by atoms with Crippen molar-refractivity contribution in [3.05, 3.63) is 441 Å². The molecule has 2 nitrogen and oxygen atoms in total. The summed E-state index contributed by atoms with van der Waals surface area (Å²) in [5.41, 5.74) is -3.64. The van der Waals surface area contributed by atoms with Crippen LogP contribution >= 0.6 is 0 Å². The van der Waals surface area contributed by atoms with Gasteiger partial charge < -0.3 is 9.80 Å². The monoisotopic (exact) mass is 1400 g/mol. The molecule has 0 aromatic heterocycles. The second-order valence-corrected chi connectivity index (χ2v) is 28.1. The lowest BCUT2D eigenvalue weighted by atomic mass is 9.70. The van der Waals surface area contributed by atoms with Gasteiger partial charge in [-0.25, -0.2) is 0 Å². The molecule has 2 heteroatoms. The lowest BCUT2D eigenvalue weighted by Crippen LogP contribution is -2.26. The van der Waals surface area contributed by atoms with E-state index in [0.29, 0.717) is 27.4 Å². The van der Waals surface area contributed by atoms with Crippen molar-refractivity contribution in [2.45, 2.75) is 56.3 Å². The summed E-state index contributed by atoms with van der Waals surface area (Å²) in [5, 5.41) is 0. The third-order valence-electron chi connectivity index (χ3n) is 21.8. The SMILES string of the molecule is [2H]c1c([2H])c(C)c([2H])c(-c2c([2H])c([2H])c(N(c3c([2H])c([2H])c4c(c3[2H])C(C)(C)c3c([2H])c([2H])c([2H])c([2H])c3-4)c3c([2H])c([2H])c4c(c3[2H])C3(c5c([2H])c([2H])c([2H])c([2H])c5-c5c([2H])c([2H])c([2H])c([2H])c53)c3c([2H])c([2H])c([2H])c([2H])c3-4)c([2H])c2[2H])c1[2H].[2H]c1c([2H])c([2H])c2c(c1[2H])-c1c([2H])c([2H])c(N(c3ccc(-c4ccccc4)cc3)c3ccc4c(c3)C3(c5ccccc5-c5ccccc53)c3ccccc3-4)c([2H])c1C2(C)C. The van der Waals surface area contributed by atoms with E-state index in [-0.39, 0.29) is 80.9 Å². The minimum absolute atomic E-state index is 0.00579. The largest absolute Gasteiger partial charge is 0.310 e. The highest BCUT2D eigenvalue weighted by Gasteiger charge is 2.54. The third-order valence-corrected chi connectivity index (χ3v) is 21.8. The Kier molecular flexibility index (Phi) is 7.87. The van der Waals surface area contributed by atoms with Crippen LogP contribution in [0, 0.1) is 6.92 Å². The molecule has 2 spiro atoms. The maximum atomic E-state index is 10.7. The first kappa shape index (κ1) is 35.7. The fraction of sp³-hybridized carbons (Fsp3) is 0.0857. The molecule has 0 saturated carbocycles. The zero-order valence-corrected chi connectivity index (χ0v) is 57.8. The Morgan fingerprint density at radius 1 is 0.215 bits per heavy atom. The smallest absolute Gasteiger partial charge is 0.0726 e. The van der Waals surface area contributed by atoms with E-state index >= 15 is 0 Å². The molecule has 506 valence electrons. The van der Waals surface area contributed by atoms with Gasteiger partial charge in [-0.2, -0.15) is 0 Å². The summed E-state index contributed by atoms with van der Waals surface area (Å²) in [6, 6.07) is 20.8. The molecular formula is C105H76N2. The predicted octanol–water partition coefficient (Wildman–Crippen LogP) is 27.3. The molecule has 0 N–H and O–H groups in total. The molecule has 22 rings (SSSR count). The van der Waals surface area contributed by atoms with E-state index in [0.717, 1.165) is 27.8 Å². The van der Waals surface area contributed by atoms with Crippen LogP contribution in [-0.2, 0) is 21.7 Å². The van der Waals surface area contributed by atoms with Gasteiger partial charge in [-0.05, 0) is 235 Å².